The molecule has 0 saturated carbocycles. The summed E-state index contributed by atoms with van der Waals surface area (Å²) in [4.78, 5) is 24.1. The maximum absolute atomic E-state index is 12.2. The van der Waals surface area contributed by atoms with Gasteiger partial charge in [-0.15, -0.1) is 0 Å². The number of hydrogen-bond donors (Lipinski definition) is 2. The SMILES string of the molecule is CC(C)(C)OC(C(=O)O)c1cc2ccccc2cc1-c1ccc2c(c1)CCCO2.CC(C)(C)OC(C(=O)O)c1cc2ccccc2cc1OCc1ccccc1. The summed E-state index contributed by atoms with van der Waals surface area (Å²) in [5.74, 6) is -0.584. The van der Waals surface area contributed by atoms with Crippen molar-refractivity contribution >= 4 is 33.5 Å². The lowest BCUT2D eigenvalue weighted by molar-refractivity contribution is -0.161. The molecule has 0 saturated heterocycles. The number of benzene rings is 6. The molecular formula is C48H50O8. The highest BCUT2D eigenvalue weighted by molar-refractivity contribution is 5.92. The van der Waals surface area contributed by atoms with Crippen molar-refractivity contribution in [1.29, 1.82) is 0 Å². The van der Waals surface area contributed by atoms with Crippen LogP contribution in [0.5, 0.6) is 11.5 Å². The van der Waals surface area contributed by atoms with E-state index in [1.165, 1.54) is 0 Å². The molecule has 2 N–H and O–H groups in total. The van der Waals surface area contributed by atoms with Gasteiger partial charge in [0.25, 0.3) is 0 Å². The second-order valence-electron chi connectivity index (χ2n) is 16.0. The molecule has 0 amide bonds. The fraction of sp³-hybridized carbons (Fsp3) is 0.292. The molecule has 0 fully saturated rings. The van der Waals surface area contributed by atoms with Gasteiger partial charge in [-0.2, -0.15) is 0 Å². The Morgan fingerprint density at radius 3 is 1.73 bits per heavy atom. The van der Waals surface area contributed by atoms with Crippen LogP contribution in [0.25, 0.3) is 32.7 Å². The molecule has 0 bridgehead atoms. The Balaban J connectivity index is 0.000000190. The van der Waals surface area contributed by atoms with Gasteiger partial charge in [-0.3, -0.25) is 0 Å². The van der Waals surface area contributed by atoms with Crippen molar-refractivity contribution in [3.63, 3.8) is 0 Å². The third-order valence-corrected chi connectivity index (χ3v) is 9.21. The third kappa shape index (κ3) is 10.1. The number of fused-ring (bicyclic) bond motifs is 3. The van der Waals surface area contributed by atoms with Crippen LogP contribution in [0.1, 0.15) is 82.4 Å². The van der Waals surface area contributed by atoms with Gasteiger partial charge in [-0.05, 0) is 135 Å². The molecule has 1 heterocycles. The fourth-order valence-electron chi connectivity index (χ4n) is 6.76. The monoisotopic (exact) mass is 754 g/mol. The highest BCUT2D eigenvalue weighted by Gasteiger charge is 2.31. The number of aryl methyl sites for hydroxylation is 1. The fourth-order valence-corrected chi connectivity index (χ4v) is 6.76. The highest BCUT2D eigenvalue weighted by Crippen LogP contribution is 2.39. The summed E-state index contributed by atoms with van der Waals surface area (Å²) >= 11 is 0. The van der Waals surface area contributed by atoms with Crippen LogP contribution in [0, 0.1) is 0 Å². The Labute approximate surface area is 328 Å². The van der Waals surface area contributed by atoms with Gasteiger partial charge in [0.15, 0.2) is 12.2 Å². The van der Waals surface area contributed by atoms with E-state index in [1.54, 1.807) is 0 Å². The third-order valence-electron chi connectivity index (χ3n) is 9.21. The number of carboxylic acid groups (broad SMARTS) is 2. The van der Waals surface area contributed by atoms with Crippen molar-refractivity contribution in [1.82, 2.24) is 0 Å². The molecule has 2 atom stereocenters. The van der Waals surface area contributed by atoms with Crippen molar-refractivity contribution in [2.75, 3.05) is 6.61 Å². The van der Waals surface area contributed by atoms with Crippen LogP contribution in [0.15, 0.2) is 121 Å². The molecule has 1 aliphatic heterocycles. The van der Waals surface area contributed by atoms with Gasteiger partial charge < -0.3 is 29.2 Å². The van der Waals surface area contributed by atoms with Crippen LogP contribution in [-0.4, -0.2) is 40.0 Å². The predicted molar refractivity (Wildman–Crippen MR) is 220 cm³/mol. The van der Waals surface area contributed by atoms with Gasteiger partial charge in [-0.25, -0.2) is 9.59 Å². The number of ether oxygens (including phenoxy) is 4. The Kier molecular flexibility index (Phi) is 12.1. The standard InChI is InChI=1S/C25H26O4.C23H24O4/c1-25(2,3)29-23(24(26)27)21-15-17-8-5-4-7-16(17)14-20(21)18-10-11-22-19(13-18)9-6-12-28-22;1-23(2,3)27-21(22(24)25)19-13-17-11-7-8-12-18(17)14-20(19)26-15-16-9-5-4-6-10-16/h4-5,7-8,10-11,13-15,23H,6,9,12H2,1-3H3,(H,26,27);4-14,21H,15H2,1-3H3,(H,24,25). The molecule has 7 rings (SSSR count). The minimum Gasteiger partial charge on any atom is -0.493 e. The first kappa shape index (κ1) is 40.0. The van der Waals surface area contributed by atoms with Gasteiger partial charge in [0.1, 0.15) is 18.1 Å². The zero-order valence-corrected chi connectivity index (χ0v) is 32.9. The van der Waals surface area contributed by atoms with Gasteiger partial charge in [0.05, 0.1) is 17.8 Å². The summed E-state index contributed by atoms with van der Waals surface area (Å²) < 4.78 is 23.6. The van der Waals surface area contributed by atoms with Gasteiger partial charge in [0.2, 0.25) is 0 Å². The second kappa shape index (κ2) is 17.0. The summed E-state index contributed by atoms with van der Waals surface area (Å²) in [5.41, 5.74) is 4.04. The predicted octanol–water partition coefficient (Wildman–Crippen LogP) is 11.1. The van der Waals surface area contributed by atoms with Crippen LogP contribution in [-0.2, 0) is 32.1 Å². The van der Waals surface area contributed by atoms with Crippen LogP contribution in [0.4, 0.5) is 0 Å². The molecule has 8 nitrogen and oxygen atoms in total. The topological polar surface area (TPSA) is 112 Å². The first-order valence-electron chi connectivity index (χ1n) is 18.9. The van der Waals surface area contributed by atoms with E-state index < -0.39 is 35.3 Å². The summed E-state index contributed by atoms with van der Waals surface area (Å²) in [6.07, 6.45) is -0.207. The van der Waals surface area contributed by atoms with Crippen LogP contribution in [0.2, 0.25) is 0 Å². The molecule has 56 heavy (non-hydrogen) atoms. The van der Waals surface area contributed by atoms with E-state index >= 15 is 0 Å². The van der Waals surface area contributed by atoms with Crippen molar-refractivity contribution in [3.8, 4) is 22.6 Å². The molecule has 8 heteroatoms. The molecule has 2 unspecified atom stereocenters. The van der Waals surface area contributed by atoms with Gasteiger partial charge in [0, 0.05) is 11.1 Å². The second-order valence-corrected chi connectivity index (χ2v) is 16.0. The minimum absolute atomic E-state index is 0.355. The van der Waals surface area contributed by atoms with E-state index in [9.17, 15) is 19.8 Å². The lowest BCUT2D eigenvalue weighted by atomic mass is 9.90. The molecule has 0 aliphatic carbocycles. The van der Waals surface area contributed by atoms with Crippen LogP contribution >= 0.6 is 0 Å². The zero-order valence-electron chi connectivity index (χ0n) is 32.9. The largest absolute Gasteiger partial charge is 0.493 e. The minimum atomic E-state index is -1.11. The van der Waals surface area contributed by atoms with Crippen molar-refractivity contribution in [2.45, 2.75) is 84.4 Å². The first-order valence-corrected chi connectivity index (χ1v) is 18.9. The molecule has 0 spiro atoms. The van der Waals surface area contributed by atoms with Gasteiger partial charge in [-0.1, -0.05) is 84.9 Å². The summed E-state index contributed by atoms with van der Waals surface area (Å²) in [6, 6.07) is 39.5. The Hall–Kier alpha value is -5.70. The lowest BCUT2D eigenvalue weighted by Crippen LogP contribution is -2.27. The lowest BCUT2D eigenvalue weighted by Gasteiger charge is -2.27. The van der Waals surface area contributed by atoms with Crippen molar-refractivity contribution in [2.24, 2.45) is 0 Å². The molecule has 6 aromatic rings. The quantitative estimate of drug-likeness (QED) is 0.142. The van der Waals surface area contributed by atoms with Crippen LogP contribution < -0.4 is 9.47 Å². The molecule has 1 aliphatic rings. The smallest absolute Gasteiger partial charge is 0.337 e. The Morgan fingerprint density at radius 1 is 0.643 bits per heavy atom. The maximum atomic E-state index is 12.2. The highest BCUT2D eigenvalue weighted by atomic mass is 16.5. The number of hydrogen-bond acceptors (Lipinski definition) is 6. The Morgan fingerprint density at radius 2 is 1.16 bits per heavy atom. The zero-order chi connectivity index (χ0) is 40.0. The van der Waals surface area contributed by atoms with E-state index in [0.717, 1.165) is 69.0 Å². The van der Waals surface area contributed by atoms with E-state index in [1.807, 2.05) is 151 Å². The summed E-state index contributed by atoms with van der Waals surface area (Å²) in [6.45, 7) is 12.2. The van der Waals surface area contributed by atoms with Crippen molar-refractivity contribution < 1.29 is 38.7 Å². The molecule has 0 aromatic heterocycles. The summed E-state index contributed by atoms with van der Waals surface area (Å²) in [5, 5.41) is 23.8. The summed E-state index contributed by atoms with van der Waals surface area (Å²) in [7, 11) is 0. The van der Waals surface area contributed by atoms with Crippen molar-refractivity contribution in [3.05, 3.63) is 144 Å². The van der Waals surface area contributed by atoms with E-state index in [0.29, 0.717) is 23.5 Å². The number of aliphatic carboxylic acids is 2. The van der Waals surface area contributed by atoms with E-state index in [4.69, 9.17) is 18.9 Å². The molecule has 6 aromatic carbocycles. The van der Waals surface area contributed by atoms with E-state index in [2.05, 4.69) is 12.1 Å². The average Bonchev–Trinajstić information content (AvgIpc) is 3.17. The molecule has 290 valence electrons. The van der Waals surface area contributed by atoms with E-state index in [-0.39, 0.29) is 0 Å². The Bertz CT molecular complexity index is 2320. The number of carbonyl (C=O) groups is 2. The number of carboxylic acids is 2. The van der Waals surface area contributed by atoms with Gasteiger partial charge >= 0.3 is 11.9 Å². The molecule has 0 radical (unpaired) electrons. The number of rotatable bonds is 10. The average molecular weight is 755 g/mol. The first-order chi connectivity index (χ1) is 26.6. The molecular weight excluding hydrogens is 705 g/mol. The maximum Gasteiger partial charge on any atom is 0.337 e. The van der Waals surface area contributed by atoms with Crippen LogP contribution in [0.3, 0.4) is 0 Å². The normalized spacial score (nSPS) is 13.8.